The van der Waals surface area contributed by atoms with Gasteiger partial charge in [0.25, 0.3) is 0 Å². The summed E-state index contributed by atoms with van der Waals surface area (Å²) >= 11 is 0. The van der Waals surface area contributed by atoms with Gasteiger partial charge in [0.15, 0.2) is 0 Å². The van der Waals surface area contributed by atoms with Crippen LogP contribution in [0.5, 0.6) is 0 Å². The third kappa shape index (κ3) is 6.11. The van der Waals surface area contributed by atoms with E-state index < -0.39 is 10.0 Å². The first-order valence-corrected chi connectivity index (χ1v) is 12.9. The Morgan fingerprint density at radius 1 is 0.970 bits per heavy atom. The summed E-state index contributed by atoms with van der Waals surface area (Å²) in [6.07, 6.45) is 1.80. The van der Waals surface area contributed by atoms with Gasteiger partial charge in [0.1, 0.15) is 0 Å². The predicted molar refractivity (Wildman–Crippen MR) is 129 cm³/mol. The molecule has 2 saturated heterocycles. The van der Waals surface area contributed by atoms with Crippen molar-refractivity contribution in [3.05, 3.63) is 54.1 Å². The van der Waals surface area contributed by atoms with Gasteiger partial charge in [-0.3, -0.25) is 9.69 Å². The molecule has 0 saturated carbocycles. The number of amides is 1. The zero-order valence-electron chi connectivity index (χ0n) is 19.1. The van der Waals surface area contributed by atoms with E-state index in [2.05, 4.69) is 34.5 Å². The smallest absolute Gasteiger partial charge is 0.243 e. The zero-order valence-corrected chi connectivity index (χ0v) is 19.9. The lowest BCUT2D eigenvalue weighted by molar-refractivity contribution is -0.117. The molecule has 8 nitrogen and oxygen atoms in total. The summed E-state index contributed by atoms with van der Waals surface area (Å²) in [5.74, 6) is -0.141. The van der Waals surface area contributed by atoms with E-state index in [1.54, 1.807) is 24.3 Å². The summed E-state index contributed by atoms with van der Waals surface area (Å²) < 4.78 is 32.2. The van der Waals surface area contributed by atoms with E-state index in [4.69, 9.17) is 4.74 Å². The Morgan fingerprint density at radius 2 is 1.61 bits per heavy atom. The number of benzene rings is 2. The van der Waals surface area contributed by atoms with Crippen molar-refractivity contribution >= 4 is 27.3 Å². The molecule has 4 rings (SSSR count). The Bertz CT molecular complexity index is 1030. The number of hydrogen-bond acceptors (Lipinski definition) is 6. The van der Waals surface area contributed by atoms with Crippen LogP contribution in [-0.4, -0.2) is 76.5 Å². The van der Waals surface area contributed by atoms with Gasteiger partial charge < -0.3 is 15.0 Å². The number of rotatable bonds is 8. The van der Waals surface area contributed by atoms with E-state index in [1.165, 1.54) is 9.99 Å². The second kappa shape index (κ2) is 10.6. The van der Waals surface area contributed by atoms with Crippen molar-refractivity contribution in [3.8, 4) is 0 Å². The number of anilines is 2. The molecule has 0 radical (unpaired) electrons. The first-order valence-electron chi connectivity index (χ1n) is 11.4. The third-order valence-corrected chi connectivity index (χ3v) is 7.93. The highest BCUT2D eigenvalue weighted by Gasteiger charge is 2.27. The predicted octanol–water partition coefficient (Wildman–Crippen LogP) is 2.38. The molecular weight excluding hydrogens is 440 g/mol. The maximum absolute atomic E-state index is 12.6. The molecule has 178 valence electrons. The third-order valence-electron chi connectivity index (χ3n) is 6.02. The van der Waals surface area contributed by atoms with Crippen molar-refractivity contribution < 1.29 is 17.9 Å². The van der Waals surface area contributed by atoms with E-state index in [0.29, 0.717) is 25.3 Å². The topological polar surface area (TPSA) is 82.2 Å². The molecule has 0 aliphatic carbocycles. The Morgan fingerprint density at radius 3 is 2.24 bits per heavy atom. The van der Waals surface area contributed by atoms with Crippen molar-refractivity contribution in [3.63, 3.8) is 0 Å². The number of hydrogen-bond donors (Lipinski definition) is 1. The molecule has 33 heavy (non-hydrogen) atoms. The molecule has 2 aromatic rings. The highest BCUT2D eigenvalue weighted by atomic mass is 32.2. The second-order valence-electron chi connectivity index (χ2n) is 8.62. The Kier molecular flexibility index (Phi) is 7.64. The van der Waals surface area contributed by atoms with Crippen LogP contribution in [0.3, 0.4) is 0 Å². The SMILES string of the molecule is CN(CC(=O)Nc1ccc(S(=O)(=O)N2CCCC2)cc1)Cc1ccc(N2CCOCC2)cc1. The monoisotopic (exact) mass is 472 g/mol. The summed E-state index contributed by atoms with van der Waals surface area (Å²) in [6.45, 7) is 5.37. The minimum absolute atomic E-state index is 0.141. The van der Waals surface area contributed by atoms with E-state index in [0.717, 1.165) is 44.7 Å². The zero-order chi connectivity index (χ0) is 23.3. The molecular formula is C24H32N4O4S. The van der Waals surface area contributed by atoms with Crippen molar-refractivity contribution in [1.82, 2.24) is 9.21 Å². The van der Waals surface area contributed by atoms with E-state index in [9.17, 15) is 13.2 Å². The molecule has 0 aromatic heterocycles. The molecule has 0 atom stereocenters. The van der Waals surface area contributed by atoms with E-state index >= 15 is 0 Å². The van der Waals surface area contributed by atoms with Crippen molar-refractivity contribution in [2.75, 3.05) is 63.2 Å². The maximum atomic E-state index is 12.6. The van der Waals surface area contributed by atoms with Gasteiger partial charge >= 0.3 is 0 Å². The standard InChI is InChI=1S/C24H32N4O4S/c1-26(18-20-4-8-22(9-5-20)27-14-16-32-17-15-27)19-24(29)25-21-6-10-23(11-7-21)33(30,31)28-12-2-3-13-28/h4-11H,2-3,12-19H2,1H3,(H,25,29). The van der Waals surface area contributed by atoms with Gasteiger partial charge in [0.2, 0.25) is 15.9 Å². The van der Waals surface area contributed by atoms with Crippen LogP contribution in [0, 0.1) is 0 Å². The van der Waals surface area contributed by atoms with Gasteiger partial charge in [-0.25, -0.2) is 8.42 Å². The minimum Gasteiger partial charge on any atom is -0.378 e. The summed E-state index contributed by atoms with van der Waals surface area (Å²) in [6, 6.07) is 14.8. The number of nitrogens with one attached hydrogen (secondary N) is 1. The number of sulfonamides is 1. The first-order chi connectivity index (χ1) is 15.9. The molecule has 2 heterocycles. The van der Waals surface area contributed by atoms with Gasteiger partial charge in [-0.05, 0) is 61.9 Å². The average Bonchev–Trinajstić information content (AvgIpc) is 3.36. The van der Waals surface area contributed by atoms with Gasteiger partial charge in [-0.2, -0.15) is 4.31 Å². The lowest BCUT2D eigenvalue weighted by Gasteiger charge is -2.29. The summed E-state index contributed by atoms with van der Waals surface area (Å²) in [4.78, 5) is 17.0. The van der Waals surface area contributed by atoms with E-state index in [1.807, 2.05) is 11.9 Å². The van der Waals surface area contributed by atoms with Gasteiger partial charge in [0, 0.05) is 44.1 Å². The Balaban J connectivity index is 1.27. The number of carbonyl (C=O) groups is 1. The molecule has 1 N–H and O–H groups in total. The Labute approximate surface area is 196 Å². The highest BCUT2D eigenvalue weighted by Crippen LogP contribution is 2.22. The quantitative estimate of drug-likeness (QED) is 0.635. The van der Waals surface area contributed by atoms with Crippen LogP contribution >= 0.6 is 0 Å². The number of nitrogens with zero attached hydrogens (tertiary/aromatic N) is 3. The van der Waals surface area contributed by atoms with Crippen LogP contribution in [0.4, 0.5) is 11.4 Å². The molecule has 0 spiro atoms. The average molecular weight is 473 g/mol. The number of carbonyl (C=O) groups excluding carboxylic acids is 1. The summed E-state index contributed by atoms with van der Waals surface area (Å²) in [7, 11) is -1.54. The molecule has 9 heteroatoms. The van der Waals surface area contributed by atoms with Crippen molar-refractivity contribution in [2.24, 2.45) is 0 Å². The first kappa shape index (κ1) is 23.7. The van der Waals surface area contributed by atoms with Crippen molar-refractivity contribution in [2.45, 2.75) is 24.3 Å². The van der Waals surface area contributed by atoms with Gasteiger partial charge in [-0.1, -0.05) is 12.1 Å². The lowest BCUT2D eigenvalue weighted by atomic mass is 10.1. The van der Waals surface area contributed by atoms with Crippen LogP contribution in [0.2, 0.25) is 0 Å². The van der Waals surface area contributed by atoms with Crippen LogP contribution in [0.25, 0.3) is 0 Å². The maximum Gasteiger partial charge on any atom is 0.243 e. The van der Waals surface area contributed by atoms with Crippen LogP contribution in [0.15, 0.2) is 53.4 Å². The van der Waals surface area contributed by atoms with Crippen LogP contribution in [0.1, 0.15) is 18.4 Å². The number of morpholine rings is 1. The lowest BCUT2D eigenvalue weighted by Crippen LogP contribution is -2.36. The van der Waals surface area contributed by atoms with Crippen LogP contribution in [-0.2, 0) is 26.1 Å². The molecule has 1 amide bonds. The fourth-order valence-electron chi connectivity index (χ4n) is 4.23. The highest BCUT2D eigenvalue weighted by molar-refractivity contribution is 7.89. The fourth-order valence-corrected chi connectivity index (χ4v) is 5.75. The van der Waals surface area contributed by atoms with Crippen LogP contribution < -0.4 is 10.2 Å². The molecule has 2 aromatic carbocycles. The number of ether oxygens (including phenoxy) is 1. The number of likely N-dealkylation sites (N-methyl/N-ethyl adjacent to an activating group) is 1. The molecule has 2 fully saturated rings. The largest absolute Gasteiger partial charge is 0.378 e. The minimum atomic E-state index is -3.44. The summed E-state index contributed by atoms with van der Waals surface area (Å²) in [5, 5.41) is 2.85. The van der Waals surface area contributed by atoms with Gasteiger partial charge in [0.05, 0.1) is 24.7 Å². The molecule has 0 unspecified atom stereocenters. The van der Waals surface area contributed by atoms with E-state index in [-0.39, 0.29) is 17.3 Å². The molecule has 2 aliphatic rings. The van der Waals surface area contributed by atoms with Gasteiger partial charge in [-0.15, -0.1) is 0 Å². The molecule has 2 aliphatic heterocycles. The second-order valence-corrected chi connectivity index (χ2v) is 10.6. The summed E-state index contributed by atoms with van der Waals surface area (Å²) in [5.41, 5.74) is 2.92. The Hall–Kier alpha value is -2.46. The normalized spacial score (nSPS) is 17.5. The fraction of sp³-hybridized carbons (Fsp3) is 0.458. The van der Waals surface area contributed by atoms with Crippen molar-refractivity contribution in [1.29, 1.82) is 0 Å². The molecule has 0 bridgehead atoms.